The zero-order chi connectivity index (χ0) is 22.1. The summed E-state index contributed by atoms with van der Waals surface area (Å²) in [5.74, 6) is -0.191. The van der Waals surface area contributed by atoms with E-state index in [1.807, 2.05) is 11.8 Å². The Bertz CT molecular complexity index is 1060. The first-order valence-electron chi connectivity index (χ1n) is 11.0. The SMILES string of the molecule is Cc1cc(C)c2ncc(C#N)c(N3CCC(C(=O)N4CCC(C(N)=O)CC4)CC3)c2c1. The lowest BCUT2D eigenvalue weighted by molar-refractivity contribution is -0.139. The largest absolute Gasteiger partial charge is 0.370 e. The highest BCUT2D eigenvalue weighted by Crippen LogP contribution is 2.35. The summed E-state index contributed by atoms with van der Waals surface area (Å²) >= 11 is 0. The Morgan fingerprint density at radius 2 is 1.71 bits per heavy atom. The summed E-state index contributed by atoms with van der Waals surface area (Å²) in [5, 5.41) is 10.7. The molecule has 2 saturated heterocycles. The van der Waals surface area contributed by atoms with Gasteiger partial charge in [0.15, 0.2) is 0 Å². The molecular formula is C24H29N5O2. The number of anilines is 1. The molecule has 0 atom stereocenters. The van der Waals surface area contributed by atoms with Crippen molar-refractivity contribution in [3.8, 4) is 6.07 Å². The van der Waals surface area contributed by atoms with Crippen LogP contribution in [0.4, 0.5) is 5.69 Å². The van der Waals surface area contributed by atoms with Gasteiger partial charge in [-0.05, 0) is 51.2 Å². The van der Waals surface area contributed by atoms with E-state index in [1.54, 1.807) is 6.20 Å². The number of fused-ring (bicyclic) bond motifs is 1. The fraction of sp³-hybridized carbons (Fsp3) is 0.500. The molecule has 3 heterocycles. The Kier molecular flexibility index (Phi) is 5.81. The van der Waals surface area contributed by atoms with Crippen molar-refractivity contribution in [2.45, 2.75) is 39.5 Å². The highest BCUT2D eigenvalue weighted by molar-refractivity contribution is 5.96. The molecule has 0 radical (unpaired) electrons. The Balaban J connectivity index is 1.49. The average molecular weight is 420 g/mol. The molecule has 0 bridgehead atoms. The van der Waals surface area contributed by atoms with E-state index < -0.39 is 0 Å². The van der Waals surface area contributed by atoms with Crippen molar-refractivity contribution in [2.75, 3.05) is 31.1 Å². The second kappa shape index (κ2) is 8.54. The van der Waals surface area contributed by atoms with Crippen LogP contribution in [0.1, 0.15) is 42.4 Å². The van der Waals surface area contributed by atoms with Crippen LogP contribution in [-0.2, 0) is 9.59 Å². The number of nitriles is 1. The highest BCUT2D eigenvalue weighted by Gasteiger charge is 2.33. The van der Waals surface area contributed by atoms with E-state index in [2.05, 4.69) is 35.0 Å². The van der Waals surface area contributed by atoms with Gasteiger partial charge in [-0.25, -0.2) is 0 Å². The van der Waals surface area contributed by atoms with Crippen LogP contribution in [0.25, 0.3) is 10.9 Å². The Morgan fingerprint density at radius 1 is 1.06 bits per heavy atom. The third-order valence-corrected chi connectivity index (χ3v) is 6.77. The third kappa shape index (κ3) is 4.07. The summed E-state index contributed by atoms with van der Waals surface area (Å²) in [6, 6.07) is 6.52. The number of aromatic nitrogens is 1. The zero-order valence-electron chi connectivity index (χ0n) is 18.2. The van der Waals surface area contributed by atoms with Gasteiger partial charge < -0.3 is 15.5 Å². The number of nitrogens with two attached hydrogens (primary N) is 1. The fourth-order valence-corrected chi connectivity index (χ4v) is 5.06. The second-order valence-corrected chi connectivity index (χ2v) is 8.87. The first kappa shape index (κ1) is 21.1. The minimum Gasteiger partial charge on any atom is -0.370 e. The van der Waals surface area contributed by atoms with E-state index in [0.717, 1.165) is 53.6 Å². The molecule has 0 aliphatic carbocycles. The van der Waals surface area contributed by atoms with Gasteiger partial charge in [0, 0.05) is 49.6 Å². The van der Waals surface area contributed by atoms with Gasteiger partial charge in [-0.2, -0.15) is 5.26 Å². The molecule has 2 aliphatic heterocycles. The van der Waals surface area contributed by atoms with E-state index in [4.69, 9.17) is 5.73 Å². The van der Waals surface area contributed by atoms with Crippen LogP contribution in [0.2, 0.25) is 0 Å². The van der Waals surface area contributed by atoms with Crippen molar-refractivity contribution < 1.29 is 9.59 Å². The van der Waals surface area contributed by atoms with E-state index in [0.29, 0.717) is 31.5 Å². The van der Waals surface area contributed by atoms with Crippen molar-refractivity contribution in [1.29, 1.82) is 5.26 Å². The first-order chi connectivity index (χ1) is 14.9. The van der Waals surface area contributed by atoms with Gasteiger partial charge in [-0.15, -0.1) is 0 Å². The maximum absolute atomic E-state index is 13.0. The number of pyridine rings is 1. The number of carbonyl (C=O) groups is 2. The minimum absolute atomic E-state index is 0.0107. The van der Waals surface area contributed by atoms with E-state index in [9.17, 15) is 14.9 Å². The lowest BCUT2D eigenvalue weighted by Crippen LogP contribution is -2.47. The molecule has 1 aromatic carbocycles. The van der Waals surface area contributed by atoms with Crippen LogP contribution >= 0.6 is 0 Å². The lowest BCUT2D eigenvalue weighted by Gasteiger charge is -2.38. The number of hydrogen-bond donors (Lipinski definition) is 1. The van der Waals surface area contributed by atoms with Crippen LogP contribution in [-0.4, -0.2) is 47.9 Å². The third-order valence-electron chi connectivity index (χ3n) is 6.77. The van der Waals surface area contributed by atoms with Crippen molar-refractivity contribution in [1.82, 2.24) is 9.88 Å². The van der Waals surface area contributed by atoms with Gasteiger partial charge in [0.1, 0.15) is 6.07 Å². The number of carbonyl (C=O) groups excluding carboxylic acids is 2. The van der Waals surface area contributed by atoms with E-state index in [-0.39, 0.29) is 23.7 Å². The summed E-state index contributed by atoms with van der Waals surface area (Å²) in [7, 11) is 0. The number of aryl methyl sites for hydroxylation is 2. The van der Waals surface area contributed by atoms with Crippen LogP contribution < -0.4 is 10.6 Å². The predicted octanol–water partition coefficient (Wildman–Crippen LogP) is 2.66. The van der Waals surface area contributed by atoms with E-state index >= 15 is 0 Å². The van der Waals surface area contributed by atoms with Crippen LogP contribution in [0.15, 0.2) is 18.3 Å². The van der Waals surface area contributed by atoms with Crippen molar-refractivity contribution >= 4 is 28.4 Å². The smallest absolute Gasteiger partial charge is 0.225 e. The van der Waals surface area contributed by atoms with Gasteiger partial charge >= 0.3 is 0 Å². The molecule has 1 aromatic heterocycles. The molecule has 31 heavy (non-hydrogen) atoms. The maximum atomic E-state index is 13.0. The molecule has 2 N–H and O–H groups in total. The number of nitrogens with zero attached hydrogens (tertiary/aromatic N) is 4. The van der Waals surface area contributed by atoms with Gasteiger partial charge in [-0.1, -0.05) is 11.6 Å². The normalized spacial score (nSPS) is 18.2. The van der Waals surface area contributed by atoms with Crippen LogP contribution in [0.5, 0.6) is 0 Å². The molecule has 2 amide bonds. The van der Waals surface area contributed by atoms with Gasteiger partial charge in [0.25, 0.3) is 0 Å². The highest BCUT2D eigenvalue weighted by atomic mass is 16.2. The van der Waals surface area contributed by atoms with E-state index in [1.165, 1.54) is 0 Å². The number of hydrogen-bond acceptors (Lipinski definition) is 5. The number of likely N-dealkylation sites (tertiary alicyclic amines) is 1. The molecule has 4 rings (SSSR count). The van der Waals surface area contributed by atoms with Crippen LogP contribution in [0.3, 0.4) is 0 Å². The van der Waals surface area contributed by atoms with Crippen molar-refractivity contribution in [2.24, 2.45) is 17.6 Å². The molecule has 2 aromatic rings. The molecule has 2 aliphatic rings. The zero-order valence-corrected chi connectivity index (χ0v) is 18.2. The molecule has 162 valence electrons. The lowest BCUT2D eigenvalue weighted by atomic mass is 9.91. The monoisotopic (exact) mass is 419 g/mol. The van der Waals surface area contributed by atoms with Crippen LogP contribution in [0, 0.1) is 37.0 Å². The Hall–Kier alpha value is -3.14. The number of amides is 2. The standard InChI is InChI=1S/C24H29N5O2/c1-15-11-16(2)21-20(12-15)22(19(13-25)14-27-21)28-7-5-18(6-8-28)24(31)29-9-3-17(4-10-29)23(26)30/h11-12,14,17-18H,3-10H2,1-2H3,(H2,26,30). The van der Waals surface area contributed by atoms with Gasteiger partial charge in [0.05, 0.1) is 16.8 Å². The molecule has 7 nitrogen and oxygen atoms in total. The molecule has 0 unspecified atom stereocenters. The maximum Gasteiger partial charge on any atom is 0.225 e. The number of primary amides is 1. The molecule has 2 fully saturated rings. The average Bonchev–Trinajstić information content (AvgIpc) is 2.78. The second-order valence-electron chi connectivity index (χ2n) is 8.87. The predicted molar refractivity (Wildman–Crippen MR) is 119 cm³/mol. The molecular weight excluding hydrogens is 390 g/mol. The summed E-state index contributed by atoms with van der Waals surface area (Å²) in [6.45, 7) is 6.79. The van der Waals surface area contributed by atoms with Crippen molar-refractivity contribution in [3.63, 3.8) is 0 Å². The number of benzene rings is 1. The summed E-state index contributed by atoms with van der Waals surface area (Å²) in [4.78, 5) is 33.1. The quantitative estimate of drug-likeness (QED) is 0.824. The van der Waals surface area contributed by atoms with Crippen molar-refractivity contribution in [3.05, 3.63) is 35.0 Å². The topological polar surface area (TPSA) is 103 Å². The fourth-order valence-electron chi connectivity index (χ4n) is 5.06. The summed E-state index contributed by atoms with van der Waals surface area (Å²) in [6.07, 6.45) is 4.50. The van der Waals surface area contributed by atoms with Gasteiger partial charge in [-0.3, -0.25) is 14.6 Å². The minimum atomic E-state index is -0.260. The summed E-state index contributed by atoms with van der Waals surface area (Å²) < 4.78 is 0. The molecule has 7 heteroatoms. The Labute approximate surface area is 182 Å². The number of rotatable bonds is 3. The molecule has 0 saturated carbocycles. The first-order valence-corrected chi connectivity index (χ1v) is 11.0. The Morgan fingerprint density at radius 3 is 2.32 bits per heavy atom. The van der Waals surface area contributed by atoms with Gasteiger partial charge in [0.2, 0.25) is 11.8 Å². The molecule has 0 spiro atoms. The summed E-state index contributed by atoms with van der Waals surface area (Å²) in [5.41, 5.74) is 10.1. The number of piperidine rings is 2.